The Morgan fingerprint density at radius 2 is 1.50 bits per heavy atom. The van der Waals surface area contributed by atoms with Crippen molar-refractivity contribution in [2.24, 2.45) is 0 Å². The van der Waals surface area contributed by atoms with E-state index < -0.39 is 86.3 Å². The molecule has 4 aromatic carbocycles. The summed E-state index contributed by atoms with van der Waals surface area (Å²) in [5, 5.41) is 18.2. The van der Waals surface area contributed by atoms with Crippen LogP contribution in [0.25, 0.3) is 11.2 Å². The summed E-state index contributed by atoms with van der Waals surface area (Å²) in [7, 11) is -18.1. The Morgan fingerprint density at radius 3 is 2.15 bits per heavy atom. The summed E-state index contributed by atoms with van der Waals surface area (Å²) in [6.45, 7) is 7.99. The van der Waals surface area contributed by atoms with Crippen molar-refractivity contribution in [2.45, 2.75) is 99.4 Å². The Morgan fingerprint density at radius 1 is 0.837 bits per heavy atom. The molecule has 32 heteroatoms. The maximum atomic E-state index is 13.5. The van der Waals surface area contributed by atoms with Crippen molar-refractivity contribution in [1.82, 2.24) is 25.3 Å². The maximum Gasteiger partial charge on any atom is 1.00 e. The normalized spacial score (nSPS) is 16.8. The number of allylic oxidation sites excluding steroid dienone is 6. The van der Waals surface area contributed by atoms with Crippen molar-refractivity contribution in [2.75, 3.05) is 47.2 Å². The molecule has 6 aromatic rings. The number of benzene rings is 4. The van der Waals surface area contributed by atoms with Crippen LogP contribution in [0.3, 0.4) is 0 Å². The number of aromatic nitrogens is 4. The first-order chi connectivity index (χ1) is 42.7. The van der Waals surface area contributed by atoms with E-state index in [4.69, 9.17) is 15.2 Å². The van der Waals surface area contributed by atoms with Gasteiger partial charge in [0.15, 0.2) is 28.4 Å². The number of aliphatic carboxylic acids is 1. The first-order valence-electron chi connectivity index (χ1n) is 28.3. The van der Waals surface area contributed by atoms with Crippen molar-refractivity contribution in [3.8, 4) is 5.75 Å². The molecular formula is C60H64N9NaO18S4. The summed E-state index contributed by atoms with van der Waals surface area (Å²) in [6.07, 6.45) is 9.01. The third-order valence-corrected chi connectivity index (χ3v) is 18.9. The Labute approximate surface area is 552 Å². The van der Waals surface area contributed by atoms with Crippen LogP contribution in [0.5, 0.6) is 5.75 Å². The molecule has 0 saturated heterocycles. The zero-order chi connectivity index (χ0) is 66.0. The first kappa shape index (κ1) is 70.2. The molecule has 0 bridgehead atoms. The molecule has 0 saturated carbocycles. The summed E-state index contributed by atoms with van der Waals surface area (Å²) < 4.78 is 152. The summed E-state index contributed by atoms with van der Waals surface area (Å²) in [5.74, 6) is -2.87. The zero-order valence-corrected chi connectivity index (χ0v) is 55.7. The van der Waals surface area contributed by atoms with E-state index in [-0.39, 0.29) is 144 Å². The van der Waals surface area contributed by atoms with Gasteiger partial charge in [-0.25, -0.2) is 18.4 Å². The maximum absolute atomic E-state index is 13.5. The van der Waals surface area contributed by atoms with Gasteiger partial charge in [0.1, 0.15) is 12.3 Å². The number of fused-ring (bicyclic) bond motifs is 3. The predicted molar refractivity (Wildman–Crippen MR) is 331 cm³/mol. The summed E-state index contributed by atoms with van der Waals surface area (Å²) in [6, 6.07) is 19.3. The van der Waals surface area contributed by atoms with Crippen LogP contribution >= 0.6 is 0 Å². The number of nitrogens with zero attached hydrogens (tertiary/aromatic N) is 5. The van der Waals surface area contributed by atoms with E-state index in [1.54, 1.807) is 66.8 Å². The number of aromatic amines is 1. The fraction of sp³-hybridized carbons (Fsp3) is 0.317. The van der Waals surface area contributed by atoms with Crippen molar-refractivity contribution in [3.05, 3.63) is 177 Å². The van der Waals surface area contributed by atoms with Gasteiger partial charge in [0.25, 0.3) is 41.8 Å². The molecule has 8 N–H and O–H groups in total. The average Bonchev–Trinajstić information content (AvgIpc) is 1.59. The number of hydrogen-bond donors (Lipinski definition) is 7. The molecule has 1 atom stereocenters. The van der Waals surface area contributed by atoms with Gasteiger partial charge in [-0.3, -0.25) is 28.2 Å². The number of nitrogen functional groups attached to an aromatic ring is 1. The number of anilines is 3. The number of carbonyl (C=O) groups excluding carboxylic acids is 2. The second-order valence-electron chi connectivity index (χ2n) is 22.8. The van der Waals surface area contributed by atoms with Gasteiger partial charge in [0, 0.05) is 76.5 Å². The number of carboxylic acid groups (broad SMARTS) is 1. The minimum atomic E-state index is -4.65. The number of ether oxygens (including phenoxy) is 2. The van der Waals surface area contributed by atoms with Crippen LogP contribution < -0.4 is 66.2 Å². The van der Waals surface area contributed by atoms with E-state index in [2.05, 4.69) is 30.6 Å². The monoisotopic (exact) mass is 1350 g/mol. The molecule has 2 aromatic heterocycles. The Hall–Kier alpha value is -7.69. The van der Waals surface area contributed by atoms with Gasteiger partial charge in [-0.15, -0.1) is 0 Å². The number of hydrogen-bond acceptors (Lipinski definition) is 21. The van der Waals surface area contributed by atoms with Crippen LogP contribution in [-0.2, 0) is 73.8 Å². The molecule has 0 unspecified atom stereocenters. The minimum Gasteiger partial charge on any atom is -0.748 e. The fourth-order valence-electron chi connectivity index (χ4n) is 11.0. The molecule has 3 aliphatic heterocycles. The van der Waals surface area contributed by atoms with Crippen LogP contribution in [0.4, 0.5) is 23.0 Å². The third-order valence-electron chi connectivity index (χ3n) is 15.6. The predicted octanol–water partition coefficient (Wildman–Crippen LogP) is 1.74. The topological polar surface area (TPSA) is 424 Å². The number of H-pyrrole nitrogens is 1. The molecular weight excluding hydrogens is 1290 g/mol. The van der Waals surface area contributed by atoms with E-state index in [0.29, 0.717) is 56.4 Å². The number of amides is 1. The Bertz CT molecular complexity index is 4590. The smallest absolute Gasteiger partial charge is 0.748 e. The van der Waals surface area contributed by atoms with Crippen molar-refractivity contribution in [1.29, 1.82) is 0 Å². The number of carbonyl (C=O) groups is 2. The van der Waals surface area contributed by atoms with E-state index >= 15 is 0 Å². The summed E-state index contributed by atoms with van der Waals surface area (Å²) >= 11 is 0. The number of unbranched alkanes of at least 4 members (excludes halogenated alkanes) is 2. The van der Waals surface area contributed by atoms with Gasteiger partial charge in [-0.1, -0.05) is 32.1 Å². The summed E-state index contributed by atoms with van der Waals surface area (Å²) in [4.78, 5) is 54.3. The van der Waals surface area contributed by atoms with Crippen molar-refractivity contribution < 1.29 is 110 Å². The van der Waals surface area contributed by atoms with Gasteiger partial charge in [-0.2, -0.15) is 34.8 Å². The van der Waals surface area contributed by atoms with E-state index in [0.717, 1.165) is 0 Å². The molecule has 92 heavy (non-hydrogen) atoms. The van der Waals surface area contributed by atoms with Gasteiger partial charge in [0.2, 0.25) is 11.6 Å². The quantitative estimate of drug-likeness (QED) is 0.0186. The second-order valence-corrected chi connectivity index (χ2v) is 28.7. The Kier molecular flexibility index (Phi) is 21.3. The second kappa shape index (κ2) is 27.9. The number of nitrogens with two attached hydrogens (primary N) is 1. The summed E-state index contributed by atoms with van der Waals surface area (Å²) in [5.41, 5.74) is 8.72. The molecule has 0 spiro atoms. The average molecular weight is 1350 g/mol. The number of rotatable bonds is 25. The molecule has 27 nitrogen and oxygen atoms in total. The van der Waals surface area contributed by atoms with Crippen LogP contribution in [0.15, 0.2) is 153 Å². The molecule has 0 radical (unpaired) electrons. The van der Waals surface area contributed by atoms with E-state index in [1.165, 1.54) is 48.7 Å². The van der Waals surface area contributed by atoms with Crippen LogP contribution in [-0.4, -0.2) is 131 Å². The largest absolute Gasteiger partial charge is 1.00 e. The van der Waals surface area contributed by atoms with E-state index in [1.807, 2.05) is 37.2 Å². The molecule has 0 fully saturated rings. The van der Waals surface area contributed by atoms with Crippen LogP contribution in [0.2, 0.25) is 0 Å². The SMILES string of the molecule is CC1(C)C(/C=C/C2=C(Oc3ccc(C[C@H](NC(=O)c4ccc(NCc5cnc6nc(N)[nH]c(=O)c6n5)cc4)C(=O)[O-])cc3)C(=C/C=C3/N(CCCCS(=O)(=O)O)c4ccc(S(=O)(=O)O)cc4C3(C)C)/CCO2)=[N+](CCCCS(=O)(=O)[O-])c2ccc(S(=O)(=O)O)cc21.[Na+]. The standard InChI is InChI=1S/C60H65N9O18S4.Na/c1-59(2)44-32-42(90(80,81)82)18-20-47(44)68(26-5-7-29-88(74,75)76)50(59)23-13-37-25-28-86-49(22-24-51-60(3,4)45-33-43(91(83,84)85)19-21-48(45)69(51)27-6-8-30-89(77,78)79)53(37)87-41-16-9-36(10-17-41)31-46(57(72)73)65-55(70)38-11-14-39(15-12-38)62-34-40-35-63-54-52(64-40)56(71)67-58(61)66-54;/h9-24,32-33,35,46H,5-8,25-31,34H2,1-4H3,(H9-,61,62,63,65,66,67,70,71,72,73,74,75,76,77,78,79,80,81,82,83,84,85);/q;+1/p-1/t46-;/m0./s1. The van der Waals surface area contributed by atoms with Gasteiger partial charge >= 0.3 is 29.6 Å². The zero-order valence-electron chi connectivity index (χ0n) is 50.4. The van der Waals surface area contributed by atoms with Gasteiger partial charge < -0.3 is 45.2 Å². The van der Waals surface area contributed by atoms with Gasteiger partial charge in [-0.05, 0) is 130 Å². The fourth-order valence-corrected chi connectivity index (χ4v) is 13.2. The number of carboxylic acids is 1. The molecule has 5 heterocycles. The first-order valence-corrected chi connectivity index (χ1v) is 34.4. The van der Waals surface area contributed by atoms with Crippen LogP contribution in [0, 0.1) is 0 Å². The van der Waals surface area contributed by atoms with Gasteiger partial charge in [0.05, 0.1) is 68.1 Å². The molecule has 482 valence electrons. The molecule has 9 rings (SSSR count). The molecule has 0 aliphatic carbocycles. The minimum absolute atomic E-state index is 0. The number of nitrogens with one attached hydrogen (secondary N) is 3. The third kappa shape index (κ3) is 16.7. The Balaban J connectivity index is 0.0000109. The molecule has 1 amide bonds. The van der Waals surface area contributed by atoms with Crippen LogP contribution in [0.1, 0.15) is 92.5 Å². The van der Waals surface area contributed by atoms with Crippen molar-refractivity contribution >= 4 is 92.2 Å². The van der Waals surface area contributed by atoms with E-state index in [9.17, 15) is 71.4 Å². The van der Waals surface area contributed by atoms with Crippen molar-refractivity contribution in [3.63, 3.8) is 0 Å². The molecule has 3 aliphatic rings.